The van der Waals surface area contributed by atoms with E-state index in [0.29, 0.717) is 18.9 Å². The largest absolute Gasteiger partial charge is 0.481 e. The highest BCUT2D eigenvalue weighted by molar-refractivity contribution is 5.72. The second-order valence-electron chi connectivity index (χ2n) is 6.38. The fourth-order valence-corrected chi connectivity index (χ4v) is 3.07. The highest BCUT2D eigenvalue weighted by Crippen LogP contribution is 2.40. The van der Waals surface area contributed by atoms with E-state index in [1.165, 1.54) is 0 Å². The molecule has 2 heterocycles. The Hall–Kier alpha value is -2.43. The van der Waals surface area contributed by atoms with Gasteiger partial charge in [-0.1, -0.05) is 30.3 Å². The van der Waals surface area contributed by atoms with Gasteiger partial charge in [0.1, 0.15) is 11.6 Å². The van der Waals surface area contributed by atoms with Gasteiger partial charge in [0.05, 0.1) is 11.6 Å². The van der Waals surface area contributed by atoms with Gasteiger partial charge in [-0.05, 0) is 19.3 Å². The Labute approximate surface area is 135 Å². The van der Waals surface area contributed by atoms with Crippen LogP contribution in [0.15, 0.2) is 36.4 Å². The summed E-state index contributed by atoms with van der Waals surface area (Å²) in [6.45, 7) is 1.27. The summed E-state index contributed by atoms with van der Waals surface area (Å²) in [5, 5.41) is 9.20. The van der Waals surface area contributed by atoms with Gasteiger partial charge in [-0.3, -0.25) is 4.79 Å². The number of carboxylic acid groups (broad SMARTS) is 1. The number of aromatic nitrogens is 2. The van der Waals surface area contributed by atoms with E-state index in [9.17, 15) is 9.90 Å². The van der Waals surface area contributed by atoms with E-state index in [1.54, 1.807) is 0 Å². The van der Waals surface area contributed by atoms with Crippen LogP contribution in [0.25, 0.3) is 11.3 Å². The molecule has 0 unspecified atom stereocenters. The molecule has 23 heavy (non-hydrogen) atoms. The van der Waals surface area contributed by atoms with Crippen molar-refractivity contribution in [2.45, 2.75) is 25.2 Å². The molecule has 0 bridgehead atoms. The smallest absolute Gasteiger partial charge is 0.308 e. The Morgan fingerprint density at radius 2 is 1.91 bits per heavy atom. The molecule has 0 amide bonds. The van der Waals surface area contributed by atoms with Gasteiger partial charge in [-0.15, -0.1) is 0 Å². The molecule has 2 aromatic rings. The first kappa shape index (κ1) is 14.2. The molecular formula is C18H19N3O2. The Morgan fingerprint density at radius 1 is 1.13 bits per heavy atom. The summed E-state index contributed by atoms with van der Waals surface area (Å²) in [6.07, 6.45) is 2.98. The summed E-state index contributed by atoms with van der Waals surface area (Å²) in [7, 11) is 0. The number of aliphatic carboxylic acids is 1. The molecule has 1 aliphatic carbocycles. The quantitative estimate of drug-likeness (QED) is 0.940. The number of rotatable bonds is 4. The van der Waals surface area contributed by atoms with Gasteiger partial charge in [0.2, 0.25) is 0 Å². The van der Waals surface area contributed by atoms with E-state index in [-0.39, 0.29) is 5.92 Å². The van der Waals surface area contributed by atoms with Crippen molar-refractivity contribution < 1.29 is 9.90 Å². The minimum atomic E-state index is -0.716. The van der Waals surface area contributed by atoms with Crippen molar-refractivity contribution in [1.82, 2.24) is 9.97 Å². The number of hydrogen-bond acceptors (Lipinski definition) is 4. The van der Waals surface area contributed by atoms with Gasteiger partial charge >= 0.3 is 5.97 Å². The third-order valence-corrected chi connectivity index (χ3v) is 4.60. The fourth-order valence-electron chi connectivity index (χ4n) is 3.07. The van der Waals surface area contributed by atoms with Crippen molar-refractivity contribution in [3.05, 3.63) is 42.2 Å². The summed E-state index contributed by atoms with van der Waals surface area (Å²) in [5.41, 5.74) is 2.00. The zero-order chi connectivity index (χ0) is 15.8. The monoisotopic (exact) mass is 309 g/mol. The summed E-state index contributed by atoms with van der Waals surface area (Å²) >= 11 is 0. The third-order valence-electron chi connectivity index (χ3n) is 4.60. The summed E-state index contributed by atoms with van der Waals surface area (Å²) in [5.74, 6) is 1.22. The predicted molar refractivity (Wildman–Crippen MR) is 87.4 cm³/mol. The lowest BCUT2D eigenvalue weighted by Crippen LogP contribution is -2.24. The number of carbonyl (C=O) groups is 1. The van der Waals surface area contributed by atoms with Crippen molar-refractivity contribution in [2.75, 3.05) is 18.0 Å². The summed E-state index contributed by atoms with van der Waals surface area (Å²) in [4.78, 5) is 22.7. The fraction of sp³-hybridized carbons (Fsp3) is 0.389. The van der Waals surface area contributed by atoms with E-state index in [4.69, 9.17) is 9.97 Å². The molecule has 0 radical (unpaired) electrons. The van der Waals surface area contributed by atoms with E-state index in [1.807, 2.05) is 36.4 Å². The minimum Gasteiger partial charge on any atom is -0.481 e. The van der Waals surface area contributed by atoms with Crippen molar-refractivity contribution in [3.8, 4) is 11.3 Å². The first-order chi connectivity index (χ1) is 11.2. The molecule has 1 atom stereocenters. The average molecular weight is 309 g/mol. The predicted octanol–water partition coefficient (Wildman–Crippen LogP) is 2.93. The molecule has 118 valence electrons. The van der Waals surface area contributed by atoms with Crippen LogP contribution in [-0.4, -0.2) is 34.1 Å². The molecule has 1 N–H and O–H groups in total. The van der Waals surface area contributed by atoms with E-state index >= 15 is 0 Å². The van der Waals surface area contributed by atoms with Crippen LogP contribution in [0.2, 0.25) is 0 Å². The maximum atomic E-state index is 11.2. The summed E-state index contributed by atoms with van der Waals surface area (Å²) < 4.78 is 0. The Balaban J connectivity index is 1.69. The number of anilines is 1. The molecule has 1 aromatic carbocycles. The minimum absolute atomic E-state index is 0.297. The Morgan fingerprint density at radius 3 is 2.57 bits per heavy atom. The SMILES string of the molecule is O=C(O)[C@H]1CCN(c2cc(-c3ccccc3)nc(C3CC3)n2)C1. The molecule has 2 fully saturated rings. The Kier molecular flexibility index (Phi) is 3.48. The van der Waals surface area contributed by atoms with Crippen molar-refractivity contribution in [2.24, 2.45) is 5.92 Å². The van der Waals surface area contributed by atoms with Crippen molar-refractivity contribution >= 4 is 11.8 Å². The Bertz CT molecular complexity index is 728. The maximum absolute atomic E-state index is 11.2. The van der Waals surface area contributed by atoms with Crippen molar-refractivity contribution in [1.29, 1.82) is 0 Å². The number of hydrogen-bond donors (Lipinski definition) is 1. The van der Waals surface area contributed by atoms with E-state index in [2.05, 4.69) is 4.90 Å². The summed E-state index contributed by atoms with van der Waals surface area (Å²) in [6, 6.07) is 12.1. The van der Waals surface area contributed by atoms with Crippen LogP contribution in [0.5, 0.6) is 0 Å². The number of carboxylic acids is 1. The molecule has 5 heteroatoms. The van der Waals surface area contributed by atoms with Crippen LogP contribution in [0.1, 0.15) is 31.0 Å². The van der Waals surface area contributed by atoms with Gasteiger partial charge in [-0.2, -0.15) is 0 Å². The van der Waals surface area contributed by atoms with Gasteiger partial charge < -0.3 is 10.0 Å². The molecule has 0 spiro atoms. The molecule has 4 rings (SSSR count). The zero-order valence-corrected chi connectivity index (χ0v) is 12.9. The highest BCUT2D eigenvalue weighted by Gasteiger charge is 2.31. The average Bonchev–Trinajstić information content (AvgIpc) is 3.31. The van der Waals surface area contributed by atoms with E-state index < -0.39 is 5.97 Å². The van der Waals surface area contributed by atoms with Crippen LogP contribution in [0.3, 0.4) is 0 Å². The second kappa shape index (κ2) is 5.65. The lowest BCUT2D eigenvalue weighted by molar-refractivity contribution is -0.140. The number of nitrogens with zero attached hydrogens (tertiary/aromatic N) is 3. The van der Waals surface area contributed by atoms with Crippen molar-refractivity contribution in [3.63, 3.8) is 0 Å². The maximum Gasteiger partial charge on any atom is 0.308 e. The normalized spacial score (nSPS) is 20.7. The topological polar surface area (TPSA) is 66.3 Å². The van der Waals surface area contributed by atoms with Crippen LogP contribution in [0.4, 0.5) is 5.82 Å². The highest BCUT2D eigenvalue weighted by atomic mass is 16.4. The van der Waals surface area contributed by atoms with E-state index in [0.717, 1.165) is 42.3 Å². The molecular weight excluding hydrogens is 290 g/mol. The zero-order valence-electron chi connectivity index (χ0n) is 12.9. The molecule has 5 nitrogen and oxygen atoms in total. The lowest BCUT2D eigenvalue weighted by atomic mass is 10.1. The standard InChI is InChI=1S/C18H19N3O2/c22-18(23)14-8-9-21(11-14)16-10-15(12-4-2-1-3-5-12)19-17(20-16)13-6-7-13/h1-5,10,13-14H,6-9,11H2,(H,22,23)/t14-/m0/s1. The number of benzene rings is 1. The first-order valence-electron chi connectivity index (χ1n) is 8.13. The molecule has 1 saturated heterocycles. The van der Waals surface area contributed by atoms with Gasteiger partial charge in [0.25, 0.3) is 0 Å². The molecule has 1 saturated carbocycles. The van der Waals surface area contributed by atoms with Crippen LogP contribution in [0, 0.1) is 5.92 Å². The van der Waals surface area contributed by atoms with Crippen LogP contribution in [-0.2, 0) is 4.79 Å². The first-order valence-corrected chi connectivity index (χ1v) is 8.13. The van der Waals surface area contributed by atoms with Gasteiger partial charge in [0.15, 0.2) is 0 Å². The second-order valence-corrected chi connectivity index (χ2v) is 6.38. The van der Waals surface area contributed by atoms with Gasteiger partial charge in [-0.25, -0.2) is 9.97 Å². The lowest BCUT2D eigenvalue weighted by Gasteiger charge is -2.18. The molecule has 1 aromatic heterocycles. The molecule has 1 aliphatic heterocycles. The van der Waals surface area contributed by atoms with Gasteiger partial charge in [0, 0.05) is 30.6 Å². The van der Waals surface area contributed by atoms with Crippen LogP contribution < -0.4 is 4.90 Å². The van der Waals surface area contributed by atoms with Crippen LogP contribution >= 0.6 is 0 Å². The molecule has 2 aliphatic rings. The third kappa shape index (κ3) is 2.91.